The first kappa shape index (κ1) is 20.6. The Kier molecular flexibility index (Phi) is 4.44. The number of fused-ring (bicyclic) bond motifs is 3. The topological polar surface area (TPSA) is 184 Å². The van der Waals surface area contributed by atoms with Crippen LogP contribution in [0.25, 0.3) is 0 Å². The van der Waals surface area contributed by atoms with Crippen LogP contribution in [0.15, 0.2) is 28.7 Å². The number of aldehydes is 1. The van der Waals surface area contributed by atoms with E-state index in [4.69, 9.17) is 10.5 Å². The fourth-order valence-electron chi connectivity index (χ4n) is 4.94. The van der Waals surface area contributed by atoms with Gasteiger partial charge < -0.3 is 30.9 Å². The number of aliphatic hydroxyl groups excluding tert-OH is 2. The highest BCUT2D eigenvalue weighted by atomic mass is 16.5. The van der Waals surface area contributed by atoms with E-state index in [2.05, 4.69) is 0 Å². The van der Waals surface area contributed by atoms with Gasteiger partial charge in [-0.15, -0.1) is 0 Å². The molecule has 0 saturated heterocycles. The molecule has 162 valence electrons. The van der Waals surface area contributed by atoms with Crippen molar-refractivity contribution in [3.8, 4) is 11.5 Å². The van der Waals surface area contributed by atoms with Gasteiger partial charge in [0.1, 0.15) is 28.6 Å². The number of phenolic OH excluding ortho intramolecular Hbond substituents is 1. The van der Waals surface area contributed by atoms with Crippen LogP contribution in [-0.2, 0) is 16.0 Å². The van der Waals surface area contributed by atoms with Crippen molar-refractivity contribution in [1.82, 2.24) is 0 Å². The number of carbonyl (C=O) groups excluding carboxylic acids is 4. The van der Waals surface area contributed by atoms with E-state index in [0.29, 0.717) is 11.8 Å². The zero-order chi connectivity index (χ0) is 22.8. The van der Waals surface area contributed by atoms with Gasteiger partial charge in [-0.3, -0.25) is 19.2 Å². The van der Waals surface area contributed by atoms with Crippen LogP contribution in [0.5, 0.6) is 11.5 Å². The predicted octanol–water partition coefficient (Wildman–Crippen LogP) is 0.402. The molecule has 4 rings (SSSR count). The van der Waals surface area contributed by atoms with Gasteiger partial charge in [-0.25, -0.2) is 0 Å². The molecule has 1 aromatic carbocycles. The number of primary amides is 1. The number of ketones is 2. The molecule has 0 unspecified atom stereocenters. The lowest BCUT2D eigenvalue weighted by molar-refractivity contribution is -0.144. The number of amides is 1. The van der Waals surface area contributed by atoms with E-state index >= 15 is 0 Å². The smallest absolute Gasteiger partial charge is 0.255 e. The number of Topliss-reactive ketones (excluding diaryl/α,β-unsaturated/α-hetero) is 2. The number of allylic oxidation sites excluding steroid dienone is 2. The van der Waals surface area contributed by atoms with Crippen molar-refractivity contribution in [2.75, 3.05) is 7.11 Å². The van der Waals surface area contributed by atoms with Crippen molar-refractivity contribution >= 4 is 23.8 Å². The summed E-state index contributed by atoms with van der Waals surface area (Å²) in [6, 6.07) is 1.29. The van der Waals surface area contributed by atoms with Crippen LogP contribution in [0.2, 0.25) is 0 Å². The molecule has 0 bridgehead atoms. The third-order valence-corrected chi connectivity index (χ3v) is 6.40. The monoisotopic (exact) mass is 429 g/mol. The molecular weight excluding hydrogens is 410 g/mol. The maximum absolute atomic E-state index is 13.3. The highest BCUT2D eigenvalue weighted by Gasteiger charge is 2.59. The summed E-state index contributed by atoms with van der Waals surface area (Å²) in [7, 11) is 1.34. The molecule has 1 aromatic rings. The second-order valence-electron chi connectivity index (χ2n) is 7.90. The molecule has 0 spiro atoms. The number of aromatic hydroxyl groups is 1. The molecule has 3 atom stereocenters. The average molecular weight is 429 g/mol. The third kappa shape index (κ3) is 2.54. The lowest BCUT2D eigenvalue weighted by Gasteiger charge is -2.45. The number of ether oxygens (including phenoxy) is 1. The molecule has 0 aliphatic heterocycles. The summed E-state index contributed by atoms with van der Waals surface area (Å²) >= 11 is 0. The van der Waals surface area contributed by atoms with E-state index in [1.165, 1.54) is 13.2 Å². The summed E-state index contributed by atoms with van der Waals surface area (Å²) < 4.78 is 5.26. The van der Waals surface area contributed by atoms with E-state index < -0.39 is 57.8 Å². The molecule has 0 radical (unpaired) electrons. The molecule has 3 aliphatic carbocycles. The molecule has 31 heavy (non-hydrogen) atoms. The SMILES string of the molecule is COc1cc(C=O)c(O)c2c1C[C@H]1C[C@H]3CC(O)=C(C(N)=O)C(=O)[C@@]3(O)C(O)=C1C2=O. The largest absolute Gasteiger partial charge is 0.511 e. The number of nitrogens with two attached hydrogens (primary N) is 1. The number of carbonyl (C=O) groups is 4. The van der Waals surface area contributed by atoms with E-state index in [0.717, 1.165) is 0 Å². The van der Waals surface area contributed by atoms with Crippen LogP contribution in [0.3, 0.4) is 0 Å². The fraction of sp³-hybridized carbons (Fsp3) is 0.333. The number of hydrogen-bond donors (Lipinski definition) is 5. The Morgan fingerprint density at radius 1 is 1.26 bits per heavy atom. The van der Waals surface area contributed by atoms with Gasteiger partial charge in [-0.2, -0.15) is 0 Å². The quantitative estimate of drug-likeness (QED) is 0.335. The second kappa shape index (κ2) is 6.67. The van der Waals surface area contributed by atoms with Crippen molar-refractivity contribution in [2.24, 2.45) is 17.6 Å². The normalized spacial score (nSPS) is 27.4. The van der Waals surface area contributed by atoms with E-state index in [-0.39, 0.29) is 41.7 Å². The Balaban J connectivity index is 1.94. The minimum Gasteiger partial charge on any atom is -0.511 e. The van der Waals surface area contributed by atoms with Crippen LogP contribution in [0.1, 0.15) is 39.1 Å². The van der Waals surface area contributed by atoms with Gasteiger partial charge in [-0.05, 0) is 24.8 Å². The van der Waals surface area contributed by atoms with E-state index in [1.54, 1.807) is 0 Å². The molecule has 0 fully saturated rings. The maximum atomic E-state index is 13.3. The van der Waals surface area contributed by atoms with Crippen LogP contribution in [0, 0.1) is 11.8 Å². The first-order valence-corrected chi connectivity index (χ1v) is 9.43. The molecule has 10 heteroatoms. The molecule has 0 saturated carbocycles. The zero-order valence-corrected chi connectivity index (χ0v) is 16.3. The molecular formula is C21H19NO9. The van der Waals surface area contributed by atoms with Crippen molar-refractivity contribution in [1.29, 1.82) is 0 Å². The fourth-order valence-corrected chi connectivity index (χ4v) is 4.94. The number of phenols is 1. The number of hydrogen-bond acceptors (Lipinski definition) is 9. The maximum Gasteiger partial charge on any atom is 0.255 e. The number of benzene rings is 1. The number of rotatable bonds is 3. The minimum absolute atomic E-state index is 0.0161. The summed E-state index contributed by atoms with van der Waals surface area (Å²) in [5.74, 6) is -7.06. The Bertz CT molecular complexity index is 1150. The highest BCUT2D eigenvalue weighted by molar-refractivity contribution is 6.24. The highest BCUT2D eigenvalue weighted by Crippen LogP contribution is 2.52. The summed E-state index contributed by atoms with van der Waals surface area (Å²) in [6.45, 7) is 0. The molecule has 3 aliphatic rings. The van der Waals surface area contributed by atoms with Gasteiger partial charge in [0, 0.05) is 23.5 Å². The van der Waals surface area contributed by atoms with E-state index in [9.17, 15) is 39.6 Å². The zero-order valence-electron chi connectivity index (χ0n) is 16.3. The first-order valence-electron chi connectivity index (χ1n) is 9.43. The lowest BCUT2D eigenvalue weighted by atomic mass is 9.60. The van der Waals surface area contributed by atoms with Crippen LogP contribution in [-0.4, -0.2) is 56.9 Å². The Morgan fingerprint density at radius 3 is 2.52 bits per heavy atom. The Hall–Kier alpha value is -3.66. The van der Waals surface area contributed by atoms with Crippen molar-refractivity contribution < 1.29 is 44.3 Å². The molecule has 0 aromatic heterocycles. The third-order valence-electron chi connectivity index (χ3n) is 6.40. The van der Waals surface area contributed by atoms with E-state index in [1.807, 2.05) is 0 Å². The summed E-state index contributed by atoms with van der Waals surface area (Å²) in [4.78, 5) is 49.1. The van der Waals surface area contributed by atoms with Gasteiger partial charge >= 0.3 is 0 Å². The van der Waals surface area contributed by atoms with Crippen LogP contribution < -0.4 is 10.5 Å². The summed E-state index contributed by atoms with van der Waals surface area (Å²) in [5.41, 5.74) is 1.24. The van der Waals surface area contributed by atoms with Gasteiger partial charge in [0.2, 0.25) is 5.78 Å². The van der Waals surface area contributed by atoms with Crippen molar-refractivity contribution in [2.45, 2.75) is 24.9 Å². The Labute approximate surface area is 175 Å². The molecule has 6 N–H and O–H groups in total. The minimum atomic E-state index is -2.63. The molecule has 1 amide bonds. The Morgan fingerprint density at radius 2 is 1.94 bits per heavy atom. The van der Waals surface area contributed by atoms with Crippen LogP contribution in [0.4, 0.5) is 0 Å². The average Bonchev–Trinajstić information content (AvgIpc) is 2.70. The molecule has 0 heterocycles. The van der Waals surface area contributed by atoms with Crippen molar-refractivity contribution in [3.63, 3.8) is 0 Å². The van der Waals surface area contributed by atoms with Gasteiger partial charge in [-0.1, -0.05) is 0 Å². The first-order chi connectivity index (χ1) is 14.6. The summed E-state index contributed by atoms with van der Waals surface area (Å²) in [5, 5.41) is 42.6. The molecule has 10 nitrogen and oxygen atoms in total. The predicted molar refractivity (Wildman–Crippen MR) is 103 cm³/mol. The van der Waals surface area contributed by atoms with Gasteiger partial charge in [0.15, 0.2) is 17.7 Å². The van der Waals surface area contributed by atoms with Gasteiger partial charge in [0.05, 0.1) is 18.2 Å². The van der Waals surface area contributed by atoms with Crippen molar-refractivity contribution in [3.05, 3.63) is 45.4 Å². The number of methoxy groups -OCH3 is 1. The van der Waals surface area contributed by atoms with Gasteiger partial charge in [0.25, 0.3) is 5.91 Å². The standard InChI is InChI=1S/C21H19NO9/c1-31-12-4-8(6-23)16(25)14-10(12)3-7-2-9-5-11(24)15(20(22)29)19(28)21(9,30)18(27)13(7)17(14)26/h4,6-7,9,24-25,27,30H,2-3,5H2,1H3,(H2,22,29)/t7-,9+,21+/m1/s1. The second-order valence-corrected chi connectivity index (χ2v) is 7.90. The van der Waals surface area contributed by atoms with Crippen LogP contribution >= 0.6 is 0 Å². The number of aliphatic hydroxyl groups is 3. The summed E-state index contributed by atoms with van der Waals surface area (Å²) in [6.07, 6.45) is 0.155. The lowest BCUT2D eigenvalue weighted by Crippen LogP contribution is -2.57.